The lowest BCUT2D eigenvalue weighted by atomic mass is 10.0. The Morgan fingerprint density at radius 1 is 1.06 bits per heavy atom. The molecule has 3 rings (SSSR count). The van der Waals surface area contributed by atoms with Gasteiger partial charge in [0.1, 0.15) is 0 Å². The molecule has 1 aromatic heterocycles. The van der Waals surface area contributed by atoms with Gasteiger partial charge in [0, 0.05) is 22.1 Å². The van der Waals surface area contributed by atoms with Crippen molar-refractivity contribution in [3.63, 3.8) is 0 Å². The monoisotopic (exact) mass is 282 g/mol. The van der Waals surface area contributed by atoms with Crippen molar-refractivity contribution in [3.05, 3.63) is 65.3 Å². The number of halogens is 1. The summed E-state index contributed by atoms with van der Waals surface area (Å²) >= 11 is 3.57. The molecule has 0 atom stereocenters. The molecule has 1 radical (unpaired) electrons. The van der Waals surface area contributed by atoms with Gasteiger partial charge in [-0.2, -0.15) is 0 Å². The van der Waals surface area contributed by atoms with Crippen LogP contribution in [0.15, 0.2) is 59.2 Å². The van der Waals surface area contributed by atoms with Gasteiger partial charge in [-0.25, -0.2) is 0 Å². The lowest BCUT2D eigenvalue weighted by molar-refractivity contribution is 1.41. The smallest absolute Gasteiger partial charge is 0.0702 e. The molecule has 81 valence electrons. The van der Waals surface area contributed by atoms with Gasteiger partial charge in [0.15, 0.2) is 0 Å². The zero-order chi connectivity index (χ0) is 11.7. The van der Waals surface area contributed by atoms with Crippen LogP contribution >= 0.6 is 15.9 Å². The van der Waals surface area contributed by atoms with Crippen molar-refractivity contribution in [1.29, 1.82) is 0 Å². The molecule has 3 aromatic rings. The first-order valence-electron chi connectivity index (χ1n) is 5.35. The fourth-order valence-corrected chi connectivity index (χ4v) is 2.40. The topological polar surface area (TPSA) is 12.9 Å². The molecule has 0 fully saturated rings. The van der Waals surface area contributed by atoms with Crippen LogP contribution in [0.1, 0.15) is 0 Å². The second-order valence-corrected chi connectivity index (χ2v) is 4.68. The first kappa shape index (κ1) is 10.5. The predicted molar refractivity (Wildman–Crippen MR) is 73.7 cm³/mol. The largest absolute Gasteiger partial charge is 0.256 e. The average molecular weight is 283 g/mol. The third-order valence-electron chi connectivity index (χ3n) is 2.73. The molecule has 1 nitrogen and oxygen atoms in total. The summed E-state index contributed by atoms with van der Waals surface area (Å²) in [5.41, 5.74) is 3.38. The molecule has 0 aliphatic rings. The Kier molecular flexibility index (Phi) is 2.65. The Morgan fingerprint density at radius 2 is 1.94 bits per heavy atom. The molecule has 0 amide bonds. The zero-order valence-corrected chi connectivity index (χ0v) is 10.6. The molecule has 0 bridgehead atoms. The molecule has 2 heteroatoms. The summed E-state index contributed by atoms with van der Waals surface area (Å²) in [6, 6.07) is 19.4. The first-order valence-corrected chi connectivity index (χ1v) is 6.15. The number of hydrogen-bond donors (Lipinski definition) is 0. The average Bonchev–Trinajstić information content (AvgIpc) is 2.39. The van der Waals surface area contributed by atoms with Gasteiger partial charge in [-0.15, -0.1) is 0 Å². The summed E-state index contributed by atoms with van der Waals surface area (Å²) in [7, 11) is 0. The van der Waals surface area contributed by atoms with Crippen molar-refractivity contribution in [2.45, 2.75) is 0 Å². The third kappa shape index (κ3) is 1.96. The third-order valence-corrected chi connectivity index (χ3v) is 3.42. The number of rotatable bonds is 1. The van der Waals surface area contributed by atoms with Gasteiger partial charge in [0.25, 0.3) is 0 Å². The van der Waals surface area contributed by atoms with Crippen LogP contribution in [0.4, 0.5) is 0 Å². The predicted octanol–water partition coefficient (Wildman–Crippen LogP) is 4.46. The highest BCUT2D eigenvalue weighted by atomic mass is 79.9. The normalized spacial score (nSPS) is 10.6. The molecule has 0 saturated carbocycles. The Bertz CT molecular complexity index is 676. The summed E-state index contributed by atoms with van der Waals surface area (Å²) in [4.78, 5) is 4.27. The number of pyridine rings is 1. The van der Waals surface area contributed by atoms with Gasteiger partial charge >= 0.3 is 0 Å². The maximum absolute atomic E-state index is 4.27. The van der Waals surface area contributed by atoms with Crippen molar-refractivity contribution in [2.75, 3.05) is 0 Å². The van der Waals surface area contributed by atoms with E-state index in [0.29, 0.717) is 0 Å². The first-order chi connectivity index (χ1) is 8.34. The molecule has 2 aromatic carbocycles. The Morgan fingerprint density at radius 3 is 2.82 bits per heavy atom. The van der Waals surface area contributed by atoms with Crippen LogP contribution in [0.2, 0.25) is 0 Å². The number of nitrogens with zero attached hydrogens (tertiary/aromatic N) is 1. The number of benzene rings is 2. The Labute approximate surface area is 108 Å². The van der Waals surface area contributed by atoms with Crippen LogP contribution in [-0.4, -0.2) is 4.98 Å². The Balaban J connectivity index is 2.22. The van der Waals surface area contributed by atoms with E-state index in [2.05, 4.69) is 51.2 Å². The number of hydrogen-bond acceptors (Lipinski definition) is 1. The fraction of sp³-hybridized carbons (Fsp3) is 0. The van der Waals surface area contributed by atoms with Crippen molar-refractivity contribution >= 4 is 26.8 Å². The van der Waals surface area contributed by atoms with Gasteiger partial charge in [-0.1, -0.05) is 40.2 Å². The van der Waals surface area contributed by atoms with Gasteiger partial charge in [0.05, 0.1) is 5.52 Å². The minimum Gasteiger partial charge on any atom is -0.256 e. The zero-order valence-electron chi connectivity index (χ0n) is 9.02. The highest BCUT2D eigenvalue weighted by molar-refractivity contribution is 9.10. The second kappa shape index (κ2) is 4.30. The molecule has 0 saturated heterocycles. The number of fused-ring (bicyclic) bond motifs is 1. The SMILES string of the molecule is Brc1ccccc1-c1ccc2nc[c]cc2c1. The molecule has 1 heterocycles. The van der Waals surface area contributed by atoms with E-state index < -0.39 is 0 Å². The van der Waals surface area contributed by atoms with Gasteiger partial charge in [-0.3, -0.25) is 4.98 Å². The van der Waals surface area contributed by atoms with Crippen LogP contribution in [-0.2, 0) is 0 Å². The molecule has 0 N–H and O–H groups in total. The van der Waals surface area contributed by atoms with E-state index >= 15 is 0 Å². The summed E-state index contributed by atoms with van der Waals surface area (Å²) in [6.07, 6.45) is 1.69. The Hall–Kier alpha value is -1.67. The number of aromatic nitrogens is 1. The second-order valence-electron chi connectivity index (χ2n) is 3.82. The minimum absolute atomic E-state index is 1.000. The van der Waals surface area contributed by atoms with Gasteiger partial charge < -0.3 is 0 Å². The minimum atomic E-state index is 1.000. The van der Waals surface area contributed by atoms with Crippen LogP contribution in [0.3, 0.4) is 0 Å². The lowest BCUT2D eigenvalue weighted by Crippen LogP contribution is -1.82. The van der Waals surface area contributed by atoms with E-state index in [1.54, 1.807) is 6.20 Å². The lowest BCUT2D eigenvalue weighted by Gasteiger charge is -2.05. The van der Waals surface area contributed by atoms with Crippen LogP contribution < -0.4 is 0 Å². The molecule has 0 aliphatic heterocycles. The van der Waals surface area contributed by atoms with Crippen LogP contribution in [0.5, 0.6) is 0 Å². The van der Waals surface area contributed by atoms with Crippen LogP contribution in [0.25, 0.3) is 22.0 Å². The molecule has 0 unspecified atom stereocenters. The van der Waals surface area contributed by atoms with Crippen LogP contribution in [0, 0.1) is 6.07 Å². The van der Waals surface area contributed by atoms with Gasteiger partial charge in [0.2, 0.25) is 0 Å². The summed E-state index contributed by atoms with van der Waals surface area (Å²) in [5.74, 6) is 0. The van der Waals surface area contributed by atoms with E-state index in [1.807, 2.05) is 24.3 Å². The summed E-state index contributed by atoms with van der Waals surface area (Å²) in [6.45, 7) is 0. The molecular formula is C15H9BrN. The van der Waals surface area contributed by atoms with E-state index in [1.165, 1.54) is 11.1 Å². The fourth-order valence-electron chi connectivity index (χ4n) is 1.88. The van der Waals surface area contributed by atoms with E-state index in [4.69, 9.17) is 0 Å². The van der Waals surface area contributed by atoms with E-state index in [0.717, 1.165) is 15.4 Å². The van der Waals surface area contributed by atoms with E-state index in [9.17, 15) is 0 Å². The van der Waals surface area contributed by atoms with Crippen molar-refractivity contribution in [2.24, 2.45) is 0 Å². The summed E-state index contributed by atoms with van der Waals surface area (Å²) in [5, 5.41) is 1.11. The van der Waals surface area contributed by atoms with Gasteiger partial charge in [-0.05, 0) is 35.4 Å². The summed E-state index contributed by atoms with van der Waals surface area (Å²) < 4.78 is 1.10. The standard InChI is InChI=1S/C15H9BrN/c16-14-6-2-1-5-13(14)11-7-8-15-12(10-11)4-3-9-17-15/h1-2,4-10H. The quantitative estimate of drug-likeness (QED) is 0.642. The van der Waals surface area contributed by atoms with Crippen molar-refractivity contribution in [1.82, 2.24) is 4.98 Å². The maximum Gasteiger partial charge on any atom is 0.0702 e. The molecule has 17 heavy (non-hydrogen) atoms. The maximum atomic E-state index is 4.27. The molecule has 0 aliphatic carbocycles. The van der Waals surface area contributed by atoms with Crippen molar-refractivity contribution in [3.8, 4) is 11.1 Å². The molecular weight excluding hydrogens is 274 g/mol. The highest BCUT2D eigenvalue weighted by Gasteiger charge is 2.03. The molecule has 0 spiro atoms. The van der Waals surface area contributed by atoms with Crippen molar-refractivity contribution < 1.29 is 0 Å². The van der Waals surface area contributed by atoms with E-state index in [-0.39, 0.29) is 0 Å². The highest BCUT2D eigenvalue weighted by Crippen LogP contribution is 2.29.